The van der Waals surface area contributed by atoms with Crippen LogP contribution in [-0.4, -0.2) is 41.5 Å². The van der Waals surface area contributed by atoms with E-state index in [0.717, 1.165) is 123 Å². The molecule has 0 atom stereocenters. The molecule has 1 aliphatic heterocycles. The largest absolute Gasteiger partial charge is 0.491 e. The summed E-state index contributed by atoms with van der Waals surface area (Å²) in [7, 11) is -3.71. The van der Waals surface area contributed by atoms with Crippen LogP contribution in [0.25, 0.3) is 33.4 Å². The van der Waals surface area contributed by atoms with Gasteiger partial charge in [0.25, 0.3) is 0 Å². The van der Waals surface area contributed by atoms with E-state index in [1.54, 1.807) is 12.1 Å². The normalized spacial score (nSPS) is 14.0. The minimum atomic E-state index is -3.71. The van der Waals surface area contributed by atoms with E-state index in [0.29, 0.717) is 47.3 Å². The molecule has 7 aromatic rings. The van der Waals surface area contributed by atoms with Crippen LogP contribution in [0.4, 0.5) is 0 Å². The highest BCUT2D eigenvalue weighted by Gasteiger charge is 2.44. The molecule has 0 radical (unpaired) electrons. The Morgan fingerprint density at radius 1 is 0.370 bits per heavy atom. The van der Waals surface area contributed by atoms with Crippen LogP contribution in [0.3, 0.4) is 0 Å². The molecule has 0 saturated carbocycles. The summed E-state index contributed by atoms with van der Waals surface area (Å²) in [5.74, 6) is 21.6. The summed E-state index contributed by atoms with van der Waals surface area (Å²) in [6, 6.07) is 46.2. The van der Waals surface area contributed by atoms with Crippen molar-refractivity contribution >= 4 is 32.4 Å². The molecule has 7 heteroatoms. The lowest BCUT2D eigenvalue weighted by Gasteiger charge is -2.33. The lowest BCUT2D eigenvalue weighted by atomic mass is 9.70. The van der Waals surface area contributed by atoms with Gasteiger partial charge in [0, 0.05) is 65.5 Å². The summed E-state index contributed by atoms with van der Waals surface area (Å²) in [6.07, 6.45) is 15.6. The van der Waals surface area contributed by atoms with Crippen molar-refractivity contribution in [3.05, 3.63) is 193 Å². The van der Waals surface area contributed by atoms with Crippen molar-refractivity contribution in [2.24, 2.45) is 0 Å². The van der Waals surface area contributed by atoms with Crippen LogP contribution in [0.15, 0.2) is 143 Å². The average molecular weight is 1200 g/mol. The standard InChI is InChI=1S/C74H75IO5S/c1-6-11-38-73(39-12-7-2)67-49-56(17-16-53-22-30-60(31-23-53)80-46-45-79-44-43-78-42-15-10-5)24-32-61(67)62-33-25-57(50-68(62)73)20-18-54-27-36-71-65(47-54)66-48-55(28-37-72(66)81(71,76)77)19-21-58-26-34-63-64-35-29-59(75)52-70(64)74(40-13-8-3,41-14-9-4)69(63)51-58/h22-37,47-52H,6-15,38-46H2,1-5H3. The Hall–Kier alpha value is -6.38. The number of sulfone groups is 1. The molecule has 5 nitrogen and oxygen atoms in total. The summed E-state index contributed by atoms with van der Waals surface area (Å²) in [5, 5.41) is 0. The first-order valence-electron chi connectivity index (χ1n) is 29.8. The maximum Gasteiger partial charge on any atom is 0.207 e. The highest BCUT2D eigenvalue weighted by molar-refractivity contribution is 14.1. The quantitative estimate of drug-likeness (QED) is 0.0384. The van der Waals surface area contributed by atoms with Gasteiger partial charge in [0.1, 0.15) is 12.4 Å². The van der Waals surface area contributed by atoms with E-state index in [1.165, 1.54) is 60.9 Å². The molecule has 1 heterocycles. The highest BCUT2D eigenvalue weighted by atomic mass is 127. The second kappa shape index (κ2) is 26.2. The number of hydrogen-bond donors (Lipinski definition) is 0. The zero-order valence-corrected chi connectivity index (χ0v) is 50.9. The maximum absolute atomic E-state index is 14.0. The molecule has 0 N–H and O–H groups in total. The molecule has 10 rings (SSSR count). The van der Waals surface area contributed by atoms with Crippen LogP contribution in [0.2, 0.25) is 0 Å². The lowest BCUT2D eigenvalue weighted by Crippen LogP contribution is -2.25. The van der Waals surface area contributed by atoms with Crippen molar-refractivity contribution in [1.29, 1.82) is 0 Å². The van der Waals surface area contributed by atoms with Crippen molar-refractivity contribution in [2.45, 2.75) is 145 Å². The SMILES string of the molecule is CCCCOCCOCCOc1ccc(C#Cc2ccc3c(c2)C(CCCC)(CCCC)c2cc(C#Cc4ccc5c(c4)-c4cc(C#Cc6ccc7c(c6)C(CCCC)(CCCC)c6cc(I)ccc6-7)ccc4S5(=O)=O)ccc2-3)cc1. The van der Waals surface area contributed by atoms with Crippen LogP contribution in [-0.2, 0) is 30.1 Å². The first kappa shape index (κ1) is 57.8. The summed E-state index contributed by atoms with van der Waals surface area (Å²) < 4.78 is 46.5. The molecule has 0 saturated heterocycles. The molecule has 0 aromatic heterocycles. The molecule has 7 aromatic carbocycles. The Labute approximate surface area is 497 Å². The van der Waals surface area contributed by atoms with Gasteiger partial charge in [-0.2, -0.15) is 0 Å². The number of halogens is 1. The fourth-order valence-corrected chi connectivity index (χ4v) is 14.7. The Morgan fingerprint density at radius 2 is 0.716 bits per heavy atom. The molecular formula is C74H75IO5S. The van der Waals surface area contributed by atoms with Gasteiger partial charge in [-0.15, -0.1) is 0 Å². The molecule has 81 heavy (non-hydrogen) atoms. The lowest BCUT2D eigenvalue weighted by molar-refractivity contribution is 0.0356. The topological polar surface area (TPSA) is 61.8 Å². The summed E-state index contributed by atoms with van der Waals surface area (Å²) in [5.41, 5.74) is 17.3. The number of rotatable bonds is 22. The number of hydrogen-bond acceptors (Lipinski definition) is 5. The number of ether oxygens (including phenoxy) is 3. The Balaban J connectivity index is 0.890. The molecule has 414 valence electrons. The van der Waals surface area contributed by atoms with E-state index in [9.17, 15) is 8.42 Å². The van der Waals surface area contributed by atoms with Gasteiger partial charge in [0.15, 0.2) is 0 Å². The third-order valence-electron chi connectivity index (χ3n) is 16.8. The molecule has 2 aliphatic carbocycles. The smallest absolute Gasteiger partial charge is 0.207 e. The number of fused-ring (bicyclic) bond motifs is 9. The van der Waals surface area contributed by atoms with Gasteiger partial charge in [0.05, 0.1) is 29.6 Å². The monoisotopic (exact) mass is 1200 g/mol. The second-order valence-corrected chi connectivity index (χ2v) is 25.3. The Bertz CT molecular complexity index is 3730. The zero-order valence-electron chi connectivity index (χ0n) is 48.0. The minimum Gasteiger partial charge on any atom is -0.491 e. The van der Waals surface area contributed by atoms with E-state index in [1.807, 2.05) is 48.5 Å². The molecule has 0 bridgehead atoms. The molecule has 0 amide bonds. The van der Waals surface area contributed by atoms with Crippen molar-refractivity contribution < 1.29 is 22.6 Å². The van der Waals surface area contributed by atoms with Crippen LogP contribution in [0, 0.1) is 39.1 Å². The molecule has 0 spiro atoms. The van der Waals surface area contributed by atoms with Crippen molar-refractivity contribution in [3.8, 4) is 74.7 Å². The van der Waals surface area contributed by atoms with E-state index in [2.05, 4.69) is 166 Å². The zero-order chi connectivity index (χ0) is 56.4. The van der Waals surface area contributed by atoms with E-state index in [-0.39, 0.29) is 10.8 Å². The van der Waals surface area contributed by atoms with Crippen LogP contribution >= 0.6 is 22.6 Å². The van der Waals surface area contributed by atoms with Gasteiger partial charge in [-0.1, -0.05) is 152 Å². The predicted molar refractivity (Wildman–Crippen MR) is 340 cm³/mol. The summed E-state index contributed by atoms with van der Waals surface area (Å²) in [4.78, 5) is 0.627. The summed E-state index contributed by atoms with van der Waals surface area (Å²) in [6.45, 7) is 14.2. The van der Waals surface area contributed by atoms with Gasteiger partial charge in [0.2, 0.25) is 9.84 Å². The molecular weight excluding hydrogens is 1130 g/mol. The van der Waals surface area contributed by atoms with Gasteiger partial charge in [-0.25, -0.2) is 8.42 Å². The van der Waals surface area contributed by atoms with Crippen molar-refractivity contribution in [1.82, 2.24) is 0 Å². The van der Waals surface area contributed by atoms with Crippen LogP contribution in [0.5, 0.6) is 5.75 Å². The van der Waals surface area contributed by atoms with Gasteiger partial charge in [-0.3, -0.25) is 0 Å². The van der Waals surface area contributed by atoms with Crippen LogP contribution < -0.4 is 4.74 Å². The van der Waals surface area contributed by atoms with Gasteiger partial charge >= 0.3 is 0 Å². The van der Waals surface area contributed by atoms with Crippen molar-refractivity contribution in [3.63, 3.8) is 0 Å². The molecule has 3 aliphatic rings. The summed E-state index contributed by atoms with van der Waals surface area (Å²) >= 11 is 2.46. The first-order valence-corrected chi connectivity index (χ1v) is 32.3. The maximum atomic E-state index is 14.0. The fraction of sp³-hybridized carbons (Fsp3) is 0.351. The Morgan fingerprint density at radius 3 is 1.15 bits per heavy atom. The van der Waals surface area contributed by atoms with Gasteiger partial charge < -0.3 is 14.2 Å². The number of unbranched alkanes of at least 4 members (excludes halogenated alkanes) is 5. The van der Waals surface area contributed by atoms with Gasteiger partial charge in [-0.05, 0) is 208 Å². The van der Waals surface area contributed by atoms with E-state index < -0.39 is 9.84 Å². The minimum absolute atomic E-state index is 0.0313. The molecule has 0 unspecified atom stereocenters. The van der Waals surface area contributed by atoms with Crippen molar-refractivity contribution in [2.75, 3.05) is 33.0 Å². The second-order valence-electron chi connectivity index (χ2n) is 22.2. The van der Waals surface area contributed by atoms with E-state index >= 15 is 0 Å². The highest BCUT2D eigenvalue weighted by Crippen LogP contribution is 2.56. The third-order valence-corrected chi connectivity index (χ3v) is 19.3. The average Bonchev–Trinajstić information content (AvgIpc) is 4.04. The first-order chi connectivity index (χ1) is 39.5. The fourth-order valence-electron chi connectivity index (χ4n) is 12.5. The van der Waals surface area contributed by atoms with E-state index in [4.69, 9.17) is 14.2 Å². The number of benzene rings is 7. The molecule has 0 fully saturated rings. The Kier molecular flexibility index (Phi) is 18.7. The third kappa shape index (κ3) is 12.2. The predicted octanol–water partition coefficient (Wildman–Crippen LogP) is 17.8. The van der Waals surface area contributed by atoms with Crippen LogP contribution in [0.1, 0.15) is 180 Å².